The summed E-state index contributed by atoms with van der Waals surface area (Å²) in [5, 5.41) is 11.2. The van der Waals surface area contributed by atoms with Gasteiger partial charge in [0.15, 0.2) is 11.6 Å². The van der Waals surface area contributed by atoms with Crippen LogP contribution in [0.5, 0.6) is 0 Å². The van der Waals surface area contributed by atoms with E-state index in [1.54, 1.807) is 4.90 Å². The first kappa shape index (κ1) is 22.2. The van der Waals surface area contributed by atoms with Gasteiger partial charge in [-0.15, -0.1) is 10.2 Å². The van der Waals surface area contributed by atoms with Gasteiger partial charge in [0.05, 0.1) is 13.2 Å². The SMILES string of the molecule is FC(F)(F)c1cc(N2CCOCC2)nnc1NC1C[C@@H]2CN(CC3CCOCC3)C[C@@H]2C1. The lowest BCUT2D eigenvalue weighted by Gasteiger charge is -2.28. The molecule has 0 aromatic carbocycles. The number of fused-ring (bicyclic) bond motifs is 1. The third-order valence-electron chi connectivity index (χ3n) is 7.45. The number of anilines is 2. The number of morpholine rings is 1. The number of rotatable bonds is 5. The van der Waals surface area contributed by atoms with E-state index in [1.165, 1.54) is 0 Å². The van der Waals surface area contributed by atoms with Gasteiger partial charge in [-0.2, -0.15) is 13.2 Å². The highest BCUT2D eigenvalue weighted by atomic mass is 19.4. The first-order valence-corrected chi connectivity index (χ1v) is 11.8. The lowest BCUT2D eigenvalue weighted by atomic mass is 10.00. The average Bonchev–Trinajstić information content (AvgIpc) is 3.32. The molecule has 5 rings (SSSR count). The molecule has 0 radical (unpaired) electrons. The van der Waals surface area contributed by atoms with E-state index in [0.29, 0.717) is 44.1 Å². The molecule has 1 aliphatic carbocycles. The van der Waals surface area contributed by atoms with Gasteiger partial charge in [0.25, 0.3) is 0 Å². The maximum absolute atomic E-state index is 13.8. The number of halogens is 3. The Kier molecular flexibility index (Phi) is 6.44. The van der Waals surface area contributed by atoms with Crippen molar-refractivity contribution in [1.82, 2.24) is 15.1 Å². The first-order chi connectivity index (χ1) is 15.5. The van der Waals surface area contributed by atoms with Crippen molar-refractivity contribution in [3.63, 3.8) is 0 Å². The van der Waals surface area contributed by atoms with Crippen LogP contribution < -0.4 is 10.2 Å². The van der Waals surface area contributed by atoms with Crippen LogP contribution in [0.1, 0.15) is 31.2 Å². The molecule has 4 fully saturated rings. The van der Waals surface area contributed by atoms with Crippen LogP contribution in [0.25, 0.3) is 0 Å². The van der Waals surface area contributed by atoms with Gasteiger partial charge in [-0.05, 0) is 49.5 Å². The molecule has 1 saturated carbocycles. The molecule has 3 saturated heterocycles. The molecular formula is C22H32F3N5O2. The summed E-state index contributed by atoms with van der Waals surface area (Å²) >= 11 is 0. The van der Waals surface area contributed by atoms with E-state index in [2.05, 4.69) is 20.4 Å². The second kappa shape index (κ2) is 9.30. The lowest BCUT2D eigenvalue weighted by Crippen LogP contribution is -2.37. The molecule has 1 unspecified atom stereocenters. The zero-order valence-corrected chi connectivity index (χ0v) is 18.3. The van der Waals surface area contributed by atoms with Crippen molar-refractivity contribution in [1.29, 1.82) is 0 Å². The van der Waals surface area contributed by atoms with Crippen LogP contribution >= 0.6 is 0 Å². The standard InChI is InChI=1S/C22H32F3N5O2/c23-22(24,25)19-11-20(30-3-7-32-8-4-30)27-28-21(19)26-18-9-16-13-29(14-17(16)10-18)12-15-1-5-31-6-2-15/h11,15-18H,1-10,12-14H2,(H,26,28)/t16-,17+,18?. The predicted molar refractivity (Wildman–Crippen MR) is 114 cm³/mol. The minimum Gasteiger partial charge on any atom is -0.381 e. The summed E-state index contributed by atoms with van der Waals surface area (Å²) in [5.41, 5.74) is -0.729. The molecule has 0 bridgehead atoms. The van der Waals surface area contributed by atoms with Crippen molar-refractivity contribution in [3.05, 3.63) is 11.6 Å². The van der Waals surface area contributed by atoms with E-state index < -0.39 is 11.7 Å². The fourth-order valence-corrected chi connectivity index (χ4v) is 5.80. The first-order valence-electron chi connectivity index (χ1n) is 11.8. The zero-order valence-electron chi connectivity index (χ0n) is 18.3. The smallest absolute Gasteiger partial charge is 0.381 e. The summed E-state index contributed by atoms with van der Waals surface area (Å²) in [6.45, 7) is 6.97. The van der Waals surface area contributed by atoms with Crippen molar-refractivity contribution in [2.45, 2.75) is 37.9 Å². The van der Waals surface area contributed by atoms with Gasteiger partial charge in [-0.25, -0.2) is 0 Å². The molecule has 32 heavy (non-hydrogen) atoms. The van der Waals surface area contributed by atoms with E-state index in [-0.39, 0.29) is 17.7 Å². The number of nitrogens with zero attached hydrogens (tertiary/aromatic N) is 4. The van der Waals surface area contributed by atoms with Gasteiger partial charge in [-0.3, -0.25) is 0 Å². The quantitative estimate of drug-likeness (QED) is 0.733. The van der Waals surface area contributed by atoms with E-state index in [1.807, 2.05) is 0 Å². The number of hydrogen-bond acceptors (Lipinski definition) is 7. The van der Waals surface area contributed by atoms with Crippen molar-refractivity contribution >= 4 is 11.6 Å². The molecule has 1 N–H and O–H groups in total. The molecule has 7 nitrogen and oxygen atoms in total. The molecule has 1 aromatic rings. The molecule has 4 heterocycles. The number of hydrogen-bond donors (Lipinski definition) is 1. The largest absolute Gasteiger partial charge is 0.420 e. The molecule has 178 valence electrons. The molecule has 3 atom stereocenters. The van der Waals surface area contributed by atoms with Crippen LogP contribution in [0.3, 0.4) is 0 Å². The predicted octanol–water partition coefficient (Wildman–Crippen LogP) is 2.88. The van der Waals surface area contributed by atoms with Gasteiger partial charge in [0, 0.05) is 52.0 Å². The zero-order chi connectivity index (χ0) is 22.1. The Balaban J connectivity index is 1.20. The van der Waals surface area contributed by atoms with Crippen molar-refractivity contribution in [3.8, 4) is 0 Å². The molecule has 10 heteroatoms. The van der Waals surface area contributed by atoms with Crippen molar-refractivity contribution in [2.75, 3.05) is 69.4 Å². The van der Waals surface area contributed by atoms with Crippen LogP contribution in [0.15, 0.2) is 6.07 Å². The summed E-state index contributed by atoms with van der Waals surface area (Å²) in [6, 6.07) is 1.14. The van der Waals surface area contributed by atoms with Crippen molar-refractivity contribution < 1.29 is 22.6 Å². The van der Waals surface area contributed by atoms with Crippen LogP contribution in [0, 0.1) is 17.8 Å². The molecule has 0 spiro atoms. The summed E-state index contributed by atoms with van der Waals surface area (Å²) in [4.78, 5) is 4.35. The summed E-state index contributed by atoms with van der Waals surface area (Å²) in [5.74, 6) is 1.92. The molecule has 3 aliphatic heterocycles. The van der Waals surface area contributed by atoms with E-state index in [0.717, 1.165) is 64.6 Å². The highest BCUT2D eigenvalue weighted by molar-refractivity contribution is 5.53. The maximum atomic E-state index is 13.8. The minimum absolute atomic E-state index is 0.0138. The summed E-state index contributed by atoms with van der Waals surface area (Å²) in [7, 11) is 0. The highest BCUT2D eigenvalue weighted by Crippen LogP contribution is 2.41. The Morgan fingerprint density at radius 2 is 1.62 bits per heavy atom. The number of likely N-dealkylation sites (tertiary alicyclic amines) is 1. The van der Waals surface area contributed by atoms with E-state index in [4.69, 9.17) is 9.47 Å². The second-order valence-electron chi connectivity index (χ2n) is 9.67. The summed E-state index contributed by atoms with van der Waals surface area (Å²) < 4.78 is 52.2. The Bertz CT molecular complexity index is 769. The van der Waals surface area contributed by atoms with Gasteiger partial charge in [0.1, 0.15) is 5.56 Å². The van der Waals surface area contributed by atoms with Gasteiger partial charge >= 0.3 is 6.18 Å². The van der Waals surface area contributed by atoms with Gasteiger partial charge < -0.3 is 24.6 Å². The third-order valence-corrected chi connectivity index (χ3v) is 7.45. The topological polar surface area (TPSA) is 62.8 Å². The van der Waals surface area contributed by atoms with Crippen LogP contribution in [0.4, 0.5) is 24.8 Å². The van der Waals surface area contributed by atoms with Crippen LogP contribution in [-0.2, 0) is 15.7 Å². The Hall–Kier alpha value is -1.65. The van der Waals surface area contributed by atoms with Crippen LogP contribution in [0.2, 0.25) is 0 Å². The average molecular weight is 456 g/mol. The Morgan fingerprint density at radius 3 is 2.28 bits per heavy atom. The normalized spacial score (nSPS) is 30.0. The highest BCUT2D eigenvalue weighted by Gasteiger charge is 2.43. The molecular weight excluding hydrogens is 423 g/mol. The third kappa shape index (κ3) is 4.97. The molecule has 0 amide bonds. The van der Waals surface area contributed by atoms with Crippen molar-refractivity contribution in [2.24, 2.45) is 17.8 Å². The minimum atomic E-state index is -4.48. The maximum Gasteiger partial charge on any atom is 0.420 e. The Labute approximate surface area is 186 Å². The fourth-order valence-electron chi connectivity index (χ4n) is 5.80. The lowest BCUT2D eigenvalue weighted by molar-refractivity contribution is -0.137. The molecule has 1 aromatic heterocycles. The fraction of sp³-hybridized carbons (Fsp3) is 0.818. The number of alkyl halides is 3. The molecule has 4 aliphatic rings. The number of aromatic nitrogens is 2. The monoisotopic (exact) mass is 455 g/mol. The van der Waals surface area contributed by atoms with Crippen LogP contribution in [-0.4, -0.2) is 80.3 Å². The number of nitrogens with one attached hydrogen (secondary N) is 1. The second-order valence-corrected chi connectivity index (χ2v) is 9.67. The van der Waals surface area contributed by atoms with E-state index >= 15 is 0 Å². The Morgan fingerprint density at radius 1 is 0.969 bits per heavy atom. The van der Waals surface area contributed by atoms with Gasteiger partial charge in [-0.1, -0.05) is 0 Å². The van der Waals surface area contributed by atoms with E-state index in [9.17, 15) is 13.2 Å². The van der Waals surface area contributed by atoms with Gasteiger partial charge in [0.2, 0.25) is 0 Å². The number of ether oxygens (including phenoxy) is 2. The summed E-state index contributed by atoms with van der Waals surface area (Å²) in [6.07, 6.45) is -0.433.